The highest BCUT2D eigenvalue weighted by molar-refractivity contribution is 6.03. The maximum Gasteiger partial charge on any atom is 0.343 e. The molecule has 0 unspecified atom stereocenters. The van der Waals surface area contributed by atoms with Gasteiger partial charge in [-0.05, 0) is 91.3 Å². The van der Waals surface area contributed by atoms with Crippen molar-refractivity contribution in [1.29, 1.82) is 0 Å². The minimum Gasteiger partial charge on any atom is -0.494 e. The van der Waals surface area contributed by atoms with Gasteiger partial charge in [0, 0.05) is 6.08 Å². The second-order valence-corrected chi connectivity index (χ2v) is 10.6. The lowest BCUT2D eigenvalue weighted by Crippen LogP contribution is -2.08. The van der Waals surface area contributed by atoms with Crippen molar-refractivity contribution in [3.8, 4) is 22.6 Å². The number of esters is 2. The highest BCUT2D eigenvalue weighted by Crippen LogP contribution is 2.24. The van der Waals surface area contributed by atoms with Crippen molar-refractivity contribution in [3.05, 3.63) is 132 Å². The SMILES string of the molecule is C=CC(=O)OCCCCOc1ccc(C(=O)Oc2ccc(-c3ccc(C(CC)=NN=C(CC)c4ccc(C)cc4)cc3)cc2)cc1. The fourth-order valence-corrected chi connectivity index (χ4v) is 4.58. The van der Waals surface area contributed by atoms with Crippen LogP contribution in [0.15, 0.2) is 120 Å². The maximum absolute atomic E-state index is 12.7. The van der Waals surface area contributed by atoms with Crippen LogP contribution in [-0.4, -0.2) is 36.6 Å². The number of carbonyl (C=O) groups is 2. The van der Waals surface area contributed by atoms with E-state index in [1.807, 2.05) is 12.1 Å². The van der Waals surface area contributed by atoms with E-state index < -0.39 is 11.9 Å². The Morgan fingerprint density at radius 1 is 0.652 bits per heavy atom. The highest BCUT2D eigenvalue weighted by atomic mass is 16.5. The summed E-state index contributed by atoms with van der Waals surface area (Å²) in [5.41, 5.74) is 7.70. The minimum absolute atomic E-state index is 0.326. The Morgan fingerprint density at radius 3 is 1.67 bits per heavy atom. The summed E-state index contributed by atoms with van der Waals surface area (Å²) in [5.74, 6) is 0.230. The predicted octanol–water partition coefficient (Wildman–Crippen LogP) is 8.78. The molecular formula is C39H40N2O5. The third kappa shape index (κ3) is 9.86. The van der Waals surface area contributed by atoms with Crippen molar-refractivity contribution in [2.45, 2.75) is 46.5 Å². The van der Waals surface area contributed by atoms with Gasteiger partial charge in [0.05, 0.1) is 30.2 Å². The van der Waals surface area contributed by atoms with Crippen LogP contribution in [0.1, 0.15) is 66.6 Å². The van der Waals surface area contributed by atoms with Crippen molar-refractivity contribution in [2.24, 2.45) is 10.2 Å². The van der Waals surface area contributed by atoms with Crippen molar-refractivity contribution in [1.82, 2.24) is 0 Å². The van der Waals surface area contributed by atoms with Gasteiger partial charge in [0.25, 0.3) is 0 Å². The molecule has 4 rings (SSSR count). The molecule has 4 aromatic rings. The van der Waals surface area contributed by atoms with E-state index >= 15 is 0 Å². The molecule has 0 saturated carbocycles. The highest BCUT2D eigenvalue weighted by Gasteiger charge is 2.10. The second kappa shape index (κ2) is 17.3. The Bertz CT molecular complexity index is 1650. The fraction of sp³-hybridized carbons (Fsp3) is 0.231. The molecule has 0 aliphatic rings. The van der Waals surface area contributed by atoms with E-state index in [2.05, 4.69) is 86.1 Å². The van der Waals surface area contributed by atoms with Crippen LogP contribution in [0, 0.1) is 6.92 Å². The molecule has 0 saturated heterocycles. The van der Waals surface area contributed by atoms with E-state index in [0.29, 0.717) is 36.7 Å². The average Bonchev–Trinajstić information content (AvgIpc) is 3.09. The lowest BCUT2D eigenvalue weighted by Gasteiger charge is -2.09. The summed E-state index contributed by atoms with van der Waals surface area (Å²) in [6.45, 7) is 10.4. The van der Waals surface area contributed by atoms with E-state index in [1.165, 1.54) is 5.56 Å². The van der Waals surface area contributed by atoms with Gasteiger partial charge in [-0.1, -0.05) is 86.7 Å². The van der Waals surface area contributed by atoms with Gasteiger partial charge < -0.3 is 14.2 Å². The topological polar surface area (TPSA) is 86.5 Å². The smallest absolute Gasteiger partial charge is 0.343 e. The molecule has 7 nitrogen and oxygen atoms in total. The van der Waals surface area contributed by atoms with Gasteiger partial charge in [-0.15, -0.1) is 0 Å². The molecule has 236 valence electrons. The standard InChI is InChI=1S/C39H40N2O5/c1-5-36(31-12-10-28(4)11-13-31)40-41-37(6-2)32-16-14-29(15-17-32)30-18-24-35(25-19-30)46-39(43)33-20-22-34(23-21-33)44-26-8-9-27-45-38(42)7-3/h7,10-25H,3,5-6,8-9,26-27H2,1-2,4H3. The molecule has 0 amide bonds. The fourth-order valence-electron chi connectivity index (χ4n) is 4.58. The van der Waals surface area contributed by atoms with Gasteiger partial charge in [-0.2, -0.15) is 10.2 Å². The molecule has 0 aromatic heterocycles. The summed E-state index contributed by atoms with van der Waals surface area (Å²) < 4.78 is 16.2. The van der Waals surface area contributed by atoms with Gasteiger partial charge in [0.1, 0.15) is 11.5 Å². The van der Waals surface area contributed by atoms with Crippen LogP contribution in [0.2, 0.25) is 0 Å². The van der Waals surface area contributed by atoms with Gasteiger partial charge in [0.2, 0.25) is 0 Å². The maximum atomic E-state index is 12.7. The van der Waals surface area contributed by atoms with Gasteiger partial charge in [-0.3, -0.25) is 0 Å². The largest absolute Gasteiger partial charge is 0.494 e. The molecule has 0 aliphatic carbocycles. The third-order valence-electron chi connectivity index (χ3n) is 7.27. The Morgan fingerprint density at radius 2 is 1.13 bits per heavy atom. The number of rotatable bonds is 15. The average molecular weight is 617 g/mol. The van der Waals surface area contributed by atoms with Crippen LogP contribution in [0.25, 0.3) is 11.1 Å². The molecule has 0 spiro atoms. The molecule has 0 fully saturated rings. The Kier molecular flexibility index (Phi) is 12.6. The molecule has 0 atom stereocenters. The molecular weight excluding hydrogens is 576 g/mol. The normalized spacial score (nSPS) is 11.5. The lowest BCUT2D eigenvalue weighted by molar-refractivity contribution is -0.137. The number of carbonyl (C=O) groups excluding carboxylic acids is 2. The Labute approximate surface area is 271 Å². The number of benzene rings is 4. The first kappa shape index (κ1) is 33.6. The van der Waals surface area contributed by atoms with Crippen LogP contribution >= 0.6 is 0 Å². The zero-order chi connectivity index (χ0) is 32.7. The summed E-state index contributed by atoms with van der Waals surface area (Å²) in [4.78, 5) is 23.7. The van der Waals surface area contributed by atoms with Crippen molar-refractivity contribution < 1.29 is 23.8 Å². The quantitative estimate of drug-likeness (QED) is 0.0333. The van der Waals surface area contributed by atoms with Crippen LogP contribution in [0.5, 0.6) is 11.5 Å². The first-order valence-electron chi connectivity index (χ1n) is 15.6. The monoisotopic (exact) mass is 616 g/mol. The number of unbranched alkanes of at least 4 members (excludes halogenated alkanes) is 1. The molecule has 4 aromatic carbocycles. The molecule has 0 bridgehead atoms. The number of hydrogen-bond donors (Lipinski definition) is 0. The van der Waals surface area contributed by atoms with E-state index in [0.717, 1.165) is 59.0 Å². The molecule has 7 heteroatoms. The van der Waals surface area contributed by atoms with Crippen LogP contribution in [0.3, 0.4) is 0 Å². The van der Waals surface area contributed by atoms with Gasteiger partial charge in [0.15, 0.2) is 0 Å². The second-order valence-electron chi connectivity index (χ2n) is 10.6. The number of hydrogen-bond acceptors (Lipinski definition) is 7. The summed E-state index contributed by atoms with van der Waals surface area (Å²) in [6.07, 6.45) is 4.12. The van der Waals surface area contributed by atoms with Crippen LogP contribution in [-0.2, 0) is 9.53 Å². The van der Waals surface area contributed by atoms with Crippen LogP contribution < -0.4 is 9.47 Å². The van der Waals surface area contributed by atoms with Crippen molar-refractivity contribution >= 4 is 23.4 Å². The van der Waals surface area contributed by atoms with Crippen LogP contribution in [0.4, 0.5) is 0 Å². The van der Waals surface area contributed by atoms with Crippen molar-refractivity contribution in [3.63, 3.8) is 0 Å². The minimum atomic E-state index is -0.449. The van der Waals surface area contributed by atoms with Gasteiger partial charge >= 0.3 is 11.9 Å². The number of ether oxygens (including phenoxy) is 3. The lowest BCUT2D eigenvalue weighted by atomic mass is 10.0. The summed E-state index contributed by atoms with van der Waals surface area (Å²) in [6, 6.07) is 30.9. The summed E-state index contributed by atoms with van der Waals surface area (Å²) >= 11 is 0. The zero-order valence-corrected chi connectivity index (χ0v) is 26.7. The van der Waals surface area contributed by atoms with E-state index in [-0.39, 0.29) is 0 Å². The molecule has 0 radical (unpaired) electrons. The predicted molar refractivity (Wildman–Crippen MR) is 184 cm³/mol. The molecule has 0 aliphatic heterocycles. The van der Waals surface area contributed by atoms with Gasteiger partial charge in [-0.25, -0.2) is 9.59 Å². The van der Waals surface area contributed by atoms with E-state index in [9.17, 15) is 9.59 Å². The molecule has 0 heterocycles. The number of aryl methyl sites for hydroxylation is 1. The Hall–Kier alpha value is -5.30. The first-order valence-corrected chi connectivity index (χ1v) is 15.6. The molecule has 0 N–H and O–H groups in total. The van der Waals surface area contributed by atoms with E-state index in [1.54, 1.807) is 36.4 Å². The zero-order valence-electron chi connectivity index (χ0n) is 26.7. The summed E-state index contributed by atoms with van der Waals surface area (Å²) in [7, 11) is 0. The first-order chi connectivity index (χ1) is 22.4. The van der Waals surface area contributed by atoms with Crippen molar-refractivity contribution in [2.75, 3.05) is 13.2 Å². The Balaban J connectivity index is 1.30. The molecule has 46 heavy (non-hydrogen) atoms. The van der Waals surface area contributed by atoms with E-state index in [4.69, 9.17) is 14.2 Å². The summed E-state index contributed by atoms with van der Waals surface area (Å²) in [5, 5.41) is 9.22. The number of nitrogens with zero attached hydrogens (tertiary/aromatic N) is 2. The third-order valence-corrected chi connectivity index (χ3v) is 7.27.